The van der Waals surface area contributed by atoms with Gasteiger partial charge in [-0.1, -0.05) is 31.5 Å². The highest BCUT2D eigenvalue weighted by molar-refractivity contribution is 5.87. The zero-order chi connectivity index (χ0) is 13.1. The molecule has 0 saturated carbocycles. The Morgan fingerprint density at radius 3 is 2.18 bits per heavy atom. The average Bonchev–Trinajstić information content (AvgIpc) is 2.31. The second-order valence-corrected chi connectivity index (χ2v) is 3.36. The van der Waals surface area contributed by atoms with Crippen molar-refractivity contribution in [2.45, 2.75) is 26.7 Å². The van der Waals surface area contributed by atoms with Gasteiger partial charge in [0.15, 0.2) is 0 Å². The summed E-state index contributed by atoms with van der Waals surface area (Å²) >= 11 is 0. The van der Waals surface area contributed by atoms with E-state index in [2.05, 4.69) is 11.7 Å². The van der Waals surface area contributed by atoms with Crippen molar-refractivity contribution in [2.75, 3.05) is 6.61 Å². The second kappa shape index (κ2) is 9.39. The molecule has 0 saturated heterocycles. The van der Waals surface area contributed by atoms with E-state index in [1.165, 1.54) is 6.92 Å². The van der Waals surface area contributed by atoms with Gasteiger partial charge in [0.1, 0.15) is 0 Å². The zero-order valence-corrected chi connectivity index (χ0v) is 10.2. The fourth-order valence-corrected chi connectivity index (χ4v) is 0.941. The minimum atomic E-state index is -0.879. The normalized spacial score (nSPS) is 8.82. The first kappa shape index (κ1) is 15.2. The fraction of sp³-hybridized carbons (Fsp3) is 0.385. The number of aromatic carboxylic acids is 1. The Kier molecular flexibility index (Phi) is 8.37. The van der Waals surface area contributed by atoms with Crippen molar-refractivity contribution in [3.05, 3.63) is 35.9 Å². The molecule has 17 heavy (non-hydrogen) atoms. The molecule has 0 unspecified atom stereocenters. The number of carboxylic acids is 1. The van der Waals surface area contributed by atoms with E-state index in [4.69, 9.17) is 5.11 Å². The van der Waals surface area contributed by atoms with Crippen molar-refractivity contribution < 1.29 is 19.4 Å². The third-order valence-corrected chi connectivity index (χ3v) is 1.82. The summed E-state index contributed by atoms with van der Waals surface area (Å²) in [6.45, 7) is 4.06. The van der Waals surface area contributed by atoms with Gasteiger partial charge in [-0.15, -0.1) is 0 Å². The number of ether oxygens (including phenoxy) is 1. The number of unbranched alkanes of at least 4 members (excludes halogenated alkanes) is 1. The molecule has 0 aliphatic heterocycles. The number of rotatable bonds is 4. The second-order valence-electron chi connectivity index (χ2n) is 3.36. The Morgan fingerprint density at radius 2 is 1.82 bits per heavy atom. The van der Waals surface area contributed by atoms with Gasteiger partial charge in [0, 0.05) is 6.92 Å². The number of benzene rings is 1. The van der Waals surface area contributed by atoms with Crippen LogP contribution in [0.15, 0.2) is 30.3 Å². The highest BCUT2D eigenvalue weighted by atomic mass is 16.5. The number of carboxylic acid groups (broad SMARTS) is 1. The van der Waals surface area contributed by atoms with E-state index in [0.29, 0.717) is 12.2 Å². The molecular weight excluding hydrogens is 220 g/mol. The smallest absolute Gasteiger partial charge is 0.335 e. The molecule has 0 aliphatic carbocycles. The van der Waals surface area contributed by atoms with Crippen LogP contribution >= 0.6 is 0 Å². The maximum atomic E-state index is 10.2. The maximum Gasteiger partial charge on any atom is 0.335 e. The topological polar surface area (TPSA) is 63.6 Å². The molecule has 0 heterocycles. The lowest BCUT2D eigenvalue weighted by Crippen LogP contribution is -1.99. The molecule has 94 valence electrons. The van der Waals surface area contributed by atoms with Crippen molar-refractivity contribution in [1.29, 1.82) is 0 Å². The maximum absolute atomic E-state index is 10.2. The summed E-state index contributed by atoms with van der Waals surface area (Å²) in [6, 6.07) is 8.30. The number of esters is 1. The highest BCUT2D eigenvalue weighted by Gasteiger charge is 1.96. The predicted molar refractivity (Wildman–Crippen MR) is 64.9 cm³/mol. The molecule has 0 amide bonds. The molecule has 1 aromatic rings. The van der Waals surface area contributed by atoms with Crippen molar-refractivity contribution in [1.82, 2.24) is 0 Å². The molecule has 0 bridgehead atoms. The van der Waals surface area contributed by atoms with Gasteiger partial charge in [-0.3, -0.25) is 4.79 Å². The minimum absolute atomic E-state index is 0.182. The van der Waals surface area contributed by atoms with Crippen molar-refractivity contribution >= 4 is 11.9 Å². The van der Waals surface area contributed by atoms with E-state index in [-0.39, 0.29) is 5.97 Å². The van der Waals surface area contributed by atoms with E-state index >= 15 is 0 Å². The van der Waals surface area contributed by atoms with Crippen LogP contribution in [0.4, 0.5) is 0 Å². The summed E-state index contributed by atoms with van der Waals surface area (Å²) in [5.41, 5.74) is 0.331. The third kappa shape index (κ3) is 9.11. The SMILES string of the molecule is CCCCOC(C)=O.O=C(O)c1ccccc1. The zero-order valence-electron chi connectivity index (χ0n) is 10.2. The van der Waals surface area contributed by atoms with Gasteiger partial charge in [-0.2, -0.15) is 0 Å². The van der Waals surface area contributed by atoms with E-state index < -0.39 is 5.97 Å². The molecule has 1 aromatic carbocycles. The van der Waals surface area contributed by atoms with Gasteiger partial charge in [0.05, 0.1) is 12.2 Å². The van der Waals surface area contributed by atoms with Gasteiger partial charge in [0.2, 0.25) is 0 Å². The van der Waals surface area contributed by atoms with E-state index in [9.17, 15) is 9.59 Å². The molecule has 4 nitrogen and oxygen atoms in total. The van der Waals surface area contributed by atoms with Gasteiger partial charge < -0.3 is 9.84 Å². The summed E-state index contributed by atoms with van der Waals surface area (Å²) in [5.74, 6) is -1.06. The molecule has 0 fully saturated rings. The van der Waals surface area contributed by atoms with Crippen molar-refractivity contribution in [2.24, 2.45) is 0 Å². The van der Waals surface area contributed by atoms with Crippen LogP contribution in [0.2, 0.25) is 0 Å². The number of carbonyl (C=O) groups excluding carboxylic acids is 1. The quantitative estimate of drug-likeness (QED) is 0.647. The lowest BCUT2D eigenvalue weighted by Gasteiger charge is -1.96. The standard InChI is InChI=1S/C7H6O2.C6H12O2/c8-7(9)6-4-2-1-3-5-6;1-3-4-5-8-6(2)7/h1-5H,(H,8,9);3-5H2,1-2H3. The molecule has 0 aromatic heterocycles. The molecule has 1 N–H and O–H groups in total. The lowest BCUT2D eigenvalue weighted by atomic mass is 10.2. The minimum Gasteiger partial charge on any atom is -0.478 e. The van der Waals surface area contributed by atoms with Crippen LogP contribution in [0.1, 0.15) is 37.0 Å². The van der Waals surface area contributed by atoms with Crippen LogP contribution in [0.5, 0.6) is 0 Å². The Bertz CT molecular complexity index is 333. The largest absolute Gasteiger partial charge is 0.478 e. The Balaban J connectivity index is 0.000000304. The van der Waals surface area contributed by atoms with Gasteiger partial charge in [-0.25, -0.2) is 4.79 Å². The number of carbonyl (C=O) groups is 2. The fourth-order valence-electron chi connectivity index (χ4n) is 0.941. The third-order valence-electron chi connectivity index (χ3n) is 1.82. The van der Waals surface area contributed by atoms with E-state index in [1.54, 1.807) is 30.3 Å². The first-order valence-corrected chi connectivity index (χ1v) is 5.49. The lowest BCUT2D eigenvalue weighted by molar-refractivity contribution is -0.141. The molecule has 0 aliphatic rings. The predicted octanol–water partition coefficient (Wildman–Crippen LogP) is 2.73. The molecule has 0 atom stereocenters. The molecule has 0 radical (unpaired) electrons. The molecular formula is C13H18O4. The Hall–Kier alpha value is -1.84. The summed E-state index contributed by atoms with van der Waals surface area (Å²) in [4.78, 5) is 20.3. The highest BCUT2D eigenvalue weighted by Crippen LogP contribution is 1.96. The average molecular weight is 238 g/mol. The first-order valence-electron chi connectivity index (χ1n) is 5.49. The van der Waals surface area contributed by atoms with Gasteiger partial charge in [-0.05, 0) is 18.6 Å². The van der Waals surface area contributed by atoms with E-state index in [1.807, 2.05) is 0 Å². The van der Waals surface area contributed by atoms with Crippen LogP contribution in [-0.2, 0) is 9.53 Å². The summed E-state index contributed by atoms with van der Waals surface area (Å²) in [6.07, 6.45) is 2.05. The van der Waals surface area contributed by atoms with Gasteiger partial charge in [0.25, 0.3) is 0 Å². The Labute approximate surface area is 101 Å². The molecule has 0 spiro atoms. The van der Waals surface area contributed by atoms with Crippen molar-refractivity contribution in [3.63, 3.8) is 0 Å². The first-order chi connectivity index (χ1) is 8.07. The summed E-state index contributed by atoms with van der Waals surface area (Å²) < 4.78 is 4.64. The van der Waals surface area contributed by atoms with E-state index in [0.717, 1.165) is 12.8 Å². The van der Waals surface area contributed by atoms with Crippen LogP contribution in [0.25, 0.3) is 0 Å². The van der Waals surface area contributed by atoms with Crippen LogP contribution in [-0.4, -0.2) is 23.7 Å². The number of hydrogen-bond acceptors (Lipinski definition) is 3. The molecule has 1 rings (SSSR count). The summed E-state index contributed by atoms with van der Waals surface area (Å²) in [7, 11) is 0. The van der Waals surface area contributed by atoms with Crippen LogP contribution in [0.3, 0.4) is 0 Å². The van der Waals surface area contributed by atoms with Crippen molar-refractivity contribution in [3.8, 4) is 0 Å². The monoisotopic (exact) mass is 238 g/mol. The number of hydrogen-bond donors (Lipinski definition) is 1. The van der Waals surface area contributed by atoms with Crippen LogP contribution in [0, 0.1) is 0 Å². The van der Waals surface area contributed by atoms with Gasteiger partial charge >= 0.3 is 11.9 Å². The summed E-state index contributed by atoms with van der Waals surface area (Å²) in [5, 5.41) is 8.38. The van der Waals surface area contributed by atoms with Crippen LogP contribution < -0.4 is 0 Å². The Morgan fingerprint density at radius 1 is 1.24 bits per heavy atom. The molecule has 4 heteroatoms.